The number of hydrogen-bond acceptors (Lipinski definition) is 3. The lowest BCUT2D eigenvalue weighted by Crippen LogP contribution is -2.59. The number of amides is 2. The lowest BCUT2D eigenvalue weighted by atomic mass is 10.1. The van der Waals surface area contributed by atoms with Crippen LogP contribution < -0.4 is 5.32 Å². The molecular weight excluding hydrogens is 192 g/mol. The fourth-order valence-corrected chi connectivity index (χ4v) is 2.02. The van der Waals surface area contributed by atoms with Gasteiger partial charge < -0.3 is 5.32 Å². The number of carbonyl (C=O) groups excluding carboxylic acids is 2. The van der Waals surface area contributed by atoms with Gasteiger partial charge in [-0.25, -0.2) is 0 Å². The molecule has 3 aliphatic rings. The Labute approximate surface area is 82.1 Å². The van der Waals surface area contributed by atoms with Crippen LogP contribution in [-0.2, 0) is 9.59 Å². The molecule has 5 heteroatoms. The SMILES string of the molecule is Cl.O=C1C2CC2C(=O)N1C1CNC1. The molecule has 0 radical (unpaired) electrons. The Morgan fingerprint density at radius 2 is 1.69 bits per heavy atom. The molecule has 2 unspecified atom stereocenters. The average Bonchev–Trinajstić information content (AvgIpc) is 2.67. The molecule has 1 aliphatic carbocycles. The Hall–Kier alpha value is -0.610. The van der Waals surface area contributed by atoms with Gasteiger partial charge in [-0.1, -0.05) is 0 Å². The van der Waals surface area contributed by atoms with Crippen molar-refractivity contribution in [3.63, 3.8) is 0 Å². The standard InChI is InChI=1S/C8H10N2O2.ClH/c11-7-5-1-6(5)8(12)10(7)4-2-9-3-4;/h4-6,9H,1-3H2;1H. The molecule has 0 aromatic heterocycles. The maximum absolute atomic E-state index is 11.5. The molecule has 3 fully saturated rings. The van der Waals surface area contributed by atoms with Crippen LogP contribution in [-0.4, -0.2) is 35.8 Å². The molecule has 1 N–H and O–H groups in total. The number of nitrogens with one attached hydrogen (secondary N) is 1. The van der Waals surface area contributed by atoms with Gasteiger partial charge in [-0.05, 0) is 6.42 Å². The fourth-order valence-electron chi connectivity index (χ4n) is 2.02. The second kappa shape index (κ2) is 2.69. The number of halogens is 1. The van der Waals surface area contributed by atoms with E-state index in [4.69, 9.17) is 0 Å². The highest BCUT2D eigenvalue weighted by Crippen LogP contribution is 2.47. The van der Waals surface area contributed by atoms with Crippen LogP contribution in [0.4, 0.5) is 0 Å². The molecule has 0 aromatic carbocycles. The van der Waals surface area contributed by atoms with Gasteiger partial charge in [-0.2, -0.15) is 0 Å². The van der Waals surface area contributed by atoms with Crippen molar-refractivity contribution in [2.45, 2.75) is 12.5 Å². The Bertz CT molecular complexity index is 257. The van der Waals surface area contributed by atoms with Crippen molar-refractivity contribution < 1.29 is 9.59 Å². The molecule has 2 saturated heterocycles. The summed E-state index contributed by atoms with van der Waals surface area (Å²) in [7, 11) is 0. The van der Waals surface area contributed by atoms with Gasteiger partial charge in [-0.15, -0.1) is 12.4 Å². The van der Waals surface area contributed by atoms with E-state index >= 15 is 0 Å². The first kappa shape index (κ1) is 8.97. The highest BCUT2D eigenvalue weighted by Gasteiger charge is 2.60. The van der Waals surface area contributed by atoms with E-state index in [1.54, 1.807) is 0 Å². The minimum absolute atomic E-state index is 0. The zero-order chi connectivity index (χ0) is 8.29. The molecule has 72 valence electrons. The molecule has 1 saturated carbocycles. The van der Waals surface area contributed by atoms with Gasteiger partial charge in [0, 0.05) is 13.1 Å². The van der Waals surface area contributed by atoms with Gasteiger partial charge in [0.05, 0.1) is 17.9 Å². The maximum Gasteiger partial charge on any atom is 0.233 e. The van der Waals surface area contributed by atoms with Crippen LogP contribution in [0.5, 0.6) is 0 Å². The predicted octanol–water partition coefficient (Wildman–Crippen LogP) is -0.615. The molecular formula is C8H11ClN2O2. The van der Waals surface area contributed by atoms with Gasteiger partial charge in [0.15, 0.2) is 0 Å². The fraction of sp³-hybridized carbons (Fsp3) is 0.750. The summed E-state index contributed by atoms with van der Waals surface area (Å²) >= 11 is 0. The highest BCUT2D eigenvalue weighted by atomic mass is 35.5. The van der Waals surface area contributed by atoms with Gasteiger partial charge in [0.25, 0.3) is 0 Å². The average molecular weight is 203 g/mol. The van der Waals surface area contributed by atoms with Crippen molar-refractivity contribution in [2.75, 3.05) is 13.1 Å². The summed E-state index contributed by atoms with van der Waals surface area (Å²) in [5, 5.41) is 3.06. The van der Waals surface area contributed by atoms with E-state index in [1.807, 2.05) is 0 Å². The number of fused-ring (bicyclic) bond motifs is 1. The first-order valence-corrected chi connectivity index (χ1v) is 4.36. The van der Waals surface area contributed by atoms with E-state index in [9.17, 15) is 9.59 Å². The number of imide groups is 1. The quantitative estimate of drug-likeness (QED) is 0.577. The van der Waals surface area contributed by atoms with Crippen LogP contribution >= 0.6 is 12.4 Å². The Morgan fingerprint density at radius 3 is 2.08 bits per heavy atom. The molecule has 4 nitrogen and oxygen atoms in total. The van der Waals surface area contributed by atoms with Gasteiger partial charge in [-0.3, -0.25) is 14.5 Å². The van der Waals surface area contributed by atoms with Crippen LogP contribution in [0.25, 0.3) is 0 Å². The van der Waals surface area contributed by atoms with E-state index in [0.29, 0.717) is 0 Å². The van der Waals surface area contributed by atoms with Crippen molar-refractivity contribution in [2.24, 2.45) is 11.8 Å². The van der Waals surface area contributed by atoms with E-state index < -0.39 is 0 Å². The van der Waals surface area contributed by atoms with E-state index in [-0.39, 0.29) is 42.1 Å². The second-order valence-corrected chi connectivity index (χ2v) is 3.81. The molecule has 2 heterocycles. The zero-order valence-corrected chi connectivity index (χ0v) is 7.84. The molecule has 0 aromatic rings. The Balaban J connectivity index is 0.000000653. The summed E-state index contributed by atoms with van der Waals surface area (Å²) in [5.41, 5.74) is 0. The highest BCUT2D eigenvalue weighted by molar-refractivity contribution is 6.09. The first-order chi connectivity index (χ1) is 5.79. The number of rotatable bonds is 1. The largest absolute Gasteiger partial charge is 0.313 e. The first-order valence-electron chi connectivity index (χ1n) is 4.36. The van der Waals surface area contributed by atoms with Gasteiger partial charge in [0.1, 0.15) is 0 Å². The molecule has 2 amide bonds. The lowest BCUT2D eigenvalue weighted by molar-refractivity contribution is -0.145. The summed E-state index contributed by atoms with van der Waals surface area (Å²) in [6.45, 7) is 1.58. The maximum atomic E-state index is 11.5. The van der Waals surface area contributed by atoms with E-state index in [0.717, 1.165) is 19.5 Å². The third kappa shape index (κ3) is 1.02. The smallest absolute Gasteiger partial charge is 0.233 e. The zero-order valence-electron chi connectivity index (χ0n) is 7.03. The van der Waals surface area contributed by atoms with Crippen LogP contribution in [0.1, 0.15) is 6.42 Å². The van der Waals surface area contributed by atoms with Crippen LogP contribution in [0, 0.1) is 11.8 Å². The third-order valence-corrected chi connectivity index (χ3v) is 3.02. The number of likely N-dealkylation sites (tertiary alicyclic amines) is 1. The Morgan fingerprint density at radius 1 is 1.15 bits per heavy atom. The number of hydrogen-bond donors (Lipinski definition) is 1. The summed E-state index contributed by atoms with van der Waals surface area (Å²) in [6.07, 6.45) is 0.814. The van der Waals surface area contributed by atoms with Crippen LogP contribution in [0.3, 0.4) is 0 Å². The van der Waals surface area contributed by atoms with Crippen molar-refractivity contribution in [1.82, 2.24) is 10.2 Å². The van der Waals surface area contributed by atoms with Gasteiger partial charge >= 0.3 is 0 Å². The van der Waals surface area contributed by atoms with Crippen molar-refractivity contribution in [3.8, 4) is 0 Å². The summed E-state index contributed by atoms with van der Waals surface area (Å²) in [6, 6.07) is 0.165. The van der Waals surface area contributed by atoms with Gasteiger partial charge in [0.2, 0.25) is 11.8 Å². The molecule has 2 atom stereocenters. The Kier molecular flexibility index (Phi) is 1.85. The topological polar surface area (TPSA) is 49.4 Å². The van der Waals surface area contributed by atoms with Crippen molar-refractivity contribution in [1.29, 1.82) is 0 Å². The minimum Gasteiger partial charge on any atom is -0.313 e. The number of nitrogens with zero attached hydrogens (tertiary/aromatic N) is 1. The molecule has 3 rings (SSSR count). The normalized spacial score (nSPS) is 36.8. The lowest BCUT2D eigenvalue weighted by Gasteiger charge is -2.34. The third-order valence-electron chi connectivity index (χ3n) is 3.02. The number of piperidine rings is 1. The van der Waals surface area contributed by atoms with Crippen molar-refractivity contribution >= 4 is 24.2 Å². The minimum atomic E-state index is 0. The predicted molar refractivity (Wildman–Crippen MR) is 47.4 cm³/mol. The van der Waals surface area contributed by atoms with Crippen LogP contribution in [0.2, 0.25) is 0 Å². The molecule has 0 bridgehead atoms. The second-order valence-electron chi connectivity index (χ2n) is 3.81. The summed E-state index contributed by atoms with van der Waals surface area (Å²) < 4.78 is 0. The molecule has 2 aliphatic heterocycles. The molecule has 0 spiro atoms. The monoisotopic (exact) mass is 202 g/mol. The molecule has 13 heavy (non-hydrogen) atoms. The van der Waals surface area contributed by atoms with Crippen molar-refractivity contribution in [3.05, 3.63) is 0 Å². The van der Waals surface area contributed by atoms with E-state index in [1.165, 1.54) is 4.90 Å². The summed E-state index contributed by atoms with van der Waals surface area (Å²) in [5.74, 6) is 0.296. The van der Waals surface area contributed by atoms with E-state index in [2.05, 4.69) is 5.32 Å². The van der Waals surface area contributed by atoms with Crippen LogP contribution in [0.15, 0.2) is 0 Å². The summed E-state index contributed by atoms with van der Waals surface area (Å²) in [4.78, 5) is 24.4. The number of carbonyl (C=O) groups is 2.